The molecule has 2 aliphatic carbocycles. The maximum absolute atomic E-state index is 5.91. The molecule has 3 rings (SSSR count). The van der Waals surface area contributed by atoms with E-state index < -0.39 is 0 Å². The van der Waals surface area contributed by atoms with Crippen LogP contribution in [-0.4, -0.2) is 25.4 Å². The van der Waals surface area contributed by atoms with Gasteiger partial charge in [-0.25, -0.2) is 0 Å². The van der Waals surface area contributed by atoms with Crippen LogP contribution >= 0.6 is 0 Å². The molecular formula is C12H19LiO2. The SMILES string of the molecule is [CH2-]C1(C)C2CCC1(C)C1OCCOC21.[Li+]. The van der Waals surface area contributed by atoms with Gasteiger partial charge in [-0.2, -0.15) is 0 Å². The van der Waals surface area contributed by atoms with Gasteiger partial charge in [-0.3, -0.25) is 0 Å². The summed E-state index contributed by atoms with van der Waals surface area (Å²) < 4.78 is 11.8. The molecule has 2 saturated carbocycles. The Morgan fingerprint density at radius 1 is 1.20 bits per heavy atom. The van der Waals surface area contributed by atoms with Crippen molar-refractivity contribution in [1.82, 2.24) is 0 Å². The standard InChI is InChI=1S/C12H19O2.Li/c1-11(2)8-4-5-12(11,3)10-9(8)13-6-7-14-10;/h8-10H,1,4-7H2,2-3H3;/q-1;+1. The molecular weight excluding hydrogens is 183 g/mol. The quantitative estimate of drug-likeness (QED) is 0.372. The van der Waals surface area contributed by atoms with E-state index in [0.29, 0.717) is 18.1 Å². The van der Waals surface area contributed by atoms with Crippen molar-refractivity contribution in [2.24, 2.45) is 16.7 Å². The number of hydrogen-bond donors (Lipinski definition) is 0. The second kappa shape index (κ2) is 3.50. The van der Waals surface area contributed by atoms with Crippen molar-refractivity contribution < 1.29 is 28.3 Å². The normalized spacial score (nSPS) is 57.4. The van der Waals surface area contributed by atoms with Crippen molar-refractivity contribution in [2.45, 2.75) is 38.9 Å². The van der Waals surface area contributed by atoms with E-state index in [1.807, 2.05) is 0 Å². The van der Waals surface area contributed by atoms with E-state index in [1.54, 1.807) is 0 Å². The van der Waals surface area contributed by atoms with Crippen LogP contribution in [-0.2, 0) is 9.47 Å². The molecule has 0 amide bonds. The molecule has 1 saturated heterocycles. The van der Waals surface area contributed by atoms with Crippen LogP contribution < -0.4 is 18.9 Å². The summed E-state index contributed by atoms with van der Waals surface area (Å²) in [6.45, 7) is 10.6. The number of ether oxygens (including phenoxy) is 2. The van der Waals surface area contributed by atoms with Crippen molar-refractivity contribution in [3.05, 3.63) is 6.92 Å². The summed E-state index contributed by atoms with van der Waals surface area (Å²) in [6.07, 6.45) is 3.14. The fraction of sp³-hybridized carbons (Fsp3) is 0.917. The molecule has 0 N–H and O–H groups in total. The van der Waals surface area contributed by atoms with Crippen LogP contribution in [0, 0.1) is 23.7 Å². The second-order valence-corrected chi connectivity index (χ2v) is 5.61. The van der Waals surface area contributed by atoms with Crippen LogP contribution in [0.4, 0.5) is 0 Å². The van der Waals surface area contributed by atoms with Crippen molar-refractivity contribution in [3.8, 4) is 0 Å². The summed E-state index contributed by atoms with van der Waals surface area (Å²) in [7, 11) is 0. The molecule has 3 heteroatoms. The molecule has 0 aromatic rings. The second-order valence-electron chi connectivity index (χ2n) is 5.61. The average Bonchev–Trinajstić information content (AvgIpc) is 2.49. The van der Waals surface area contributed by atoms with Crippen molar-refractivity contribution in [3.63, 3.8) is 0 Å². The van der Waals surface area contributed by atoms with E-state index in [9.17, 15) is 0 Å². The molecule has 0 aromatic heterocycles. The molecule has 3 fully saturated rings. The predicted molar refractivity (Wildman–Crippen MR) is 53.8 cm³/mol. The Hall–Kier alpha value is 0.517. The zero-order valence-corrected chi connectivity index (χ0v) is 10.1. The van der Waals surface area contributed by atoms with E-state index in [4.69, 9.17) is 9.47 Å². The van der Waals surface area contributed by atoms with Crippen LogP contribution in [0.1, 0.15) is 26.7 Å². The largest absolute Gasteiger partial charge is 1.00 e. The summed E-state index contributed by atoms with van der Waals surface area (Å²) in [5, 5.41) is 0. The Morgan fingerprint density at radius 2 is 1.87 bits per heavy atom. The molecule has 2 bridgehead atoms. The van der Waals surface area contributed by atoms with E-state index in [0.717, 1.165) is 13.2 Å². The first-order chi connectivity index (χ1) is 6.57. The summed E-state index contributed by atoms with van der Waals surface area (Å²) >= 11 is 0. The summed E-state index contributed by atoms with van der Waals surface area (Å²) in [5.74, 6) is 0.609. The maximum atomic E-state index is 5.91. The minimum atomic E-state index is 0. The third-order valence-electron chi connectivity index (χ3n) is 5.11. The monoisotopic (exact) mass is 202 g/mol. The van der Waals surface area contributed by atoms with E-state index in [2.05, 4.69) is 20.8 Å². The van der Waals surface area contributed by atoms with Gasteiger partial charge in [0.05, 0.1) is 25.4 Å². The fourth-order valence-electron chi connectivity index (χ4n) is 3.89. The number of hydrogen-bond acceptors (Lipinski definition) is 2. The smallest absolute Gasteiger partial charge is 0.373 e. The van der Waals surface area contributed by atoms with Crippen LogP contribution in [0.15, 0.2) is 0 Å². The van der Waals surface area contributed by atoms with Crippen molar-refractivity contribution in [2.75, 3.05) is 13.2 Å². The summed E-state index contributed by atoms with van der Waals surface area (Å²) in [4.78, 5) is 0. The van der Waals surface area contributed by atoms with Crippen LogP contribution in [0.25, 0.3) is 0 Å². The van der Waals surface area contributed by atoms with E-state index in [-0.39, 0.29) is 29.7 Å². The van der Waals surface area contributed by atoms with Gasteiger partial charge in [0.25, 0.3) is 0 Å². The average molecular weight is 202 g/mol. The molecule has 5 unspecified atom stereocenters. The number of rotatable bonds is 0. The van der Waals surface area contributed by atoms with Gasteiger partial charge in [-0.1, -0.05) is 13.8 Å². The van der Waals surface area contributed by atoms with Gasteiger partial charge < -0.3 is 16.4 Å². The Balaban J connectivity index is 0.000000853. The Kier molecular flexibility index (Phi) is 2.80. The first-order valence-electron chi connectivity index (χ1n) is 5.66. The molecule has 0 spiro atoms. The van der Waals surface area contributed by atoms with Gasteiger partial charge in [0.15, 0.2) is 0 Å². The number of fused-ring (bicyclic) bond motifs is 5. The zero-order chi connectivity index (χ0) is 9.97. The molecule has 1 heterocycles. The Labute approximate surface area is 104 Å². The molecule has 0 radical (unpaired) electrons. The van der Waals surface area contributed by atoms with E-state index in [1.165, 1.54) is 12.8 Å². The first kappa shape index (κ1) is 12.0. The molecule has 1 aliphatic heterocycles. The van der Waals surface area contributed by atoms with Gasteiger partial charge in [0.2, 0.25) is 0 Å². The molecule has 5 atom stereocenters. The van der Waals surface area contributed by atoms with Gasteiger partial charge >= 0.3 is 18.9 Å². The zero-order valence-electron chi connectivity index (χ0n) is 10.1. The summed E-state index contributed by atoms with van der Waals surface area (Å²) in [6, 6.07) is 0. The molecule has 15 heavy (non-hydrogen) atoms. The van der Waals surface area contributed by atoms with Gasteiger partial charge in [0.1, 0.15) is 0 Å². The van der Waals surface area contributed by atoms with Crippen molar-refractivity contribution in [1.29, 1.82) is 0 Å². The third kappa shape index (κ3) is 1.26. The fourth-order valence-corrected chi connectivity index (χ4v) is 3.89. The first-order valence-corrected chi connectivity index (χ1v) is 5.66. The molecule has 2 nitrogen and oxygen atoms in total. The maximum Gasteiger partial charge on any atom is 1.00 e. The van der Waals surface area contributed by atoms with Gasteiger partial charge in [-0.15, -0.1) is 5.41 Å². The molecule has 3 aliphatic rings. The van der Waals surface area contributed by atoms with Crippen molar-refractivity contribution >= 4 is 0 Å². The summed E-state index contributed by atoms with van der Waals surface area (Å²) in [5.41, 5.74) is 0.384. The van der Waals surface area contributed by atoms with Crippen LogP contribution in [0.5, 0.6) is 0 Å². The minimum Gasteiger partial charge on any atom is -0.373 e. The predicted octanol–water partition coefficient (Wildman–Crippen LogP) is -0.955. The third-order valence-corrected chi connectivity index (χ3v) is 5.11. The van der Waals surface area contributed by atoms with Crippen LogP contribution in [0.3, 0.4) is 0 Å². The van der Waals surface area contributed by atoms with Crippen LogP contribution in [0.2, 0.25) is 0 Å². The topological polar surface area (TPSA) is 18.5 Å². The molecule has 0 aromatic carbocycles. The minimum absolute atomic E-state index is 0. The van der Waals surface area contributed by atoms with Gasteiger partial charge in [-0.05, 0) is 24.2 Å². The molecule has 80 valence electrons. The van der Waals surface area contributed by atoms with Gasteiger partial charge in [0, 0.05) is 0 Å². The Morgan fingerprint density at radius 3 is 2.53 bits per heavy atom. The Bertz CT molecular complexity index is 266. The van der Waals surface area contributed by atoms with E-state index >= 15 is 0 Å².